The van der Waals surface area contributed by atoms with Crippen LogP contribution in [-0.2, 0) is 37.9 Å². The van der Waals surface area contributed by atoms with Gasteiger partial charge in [-0.3, -0.25) is 0 Å². The summed E-state index contributed by atoms with van der Waals surface area (Å²) in [6, 6.07) is 0. The highest BCUT2D eigenvalue weighted by molar-refractivity contribution is 5.61. The molecule has 5 rings (SSSR count). The molecule has 0 spiro atoms. The monoisotopic (exact) mass is 622 g/mol. The molecule has 44 heavy (non-hydrogen) atoms. The van der Waals surface area contributed by atoms with E-state index in [4.69, 9.17) is 37.9 Å². The first-order chi connectivity index (χ1) is 20.8. The van der Waals surface area contributed by atoms with Crippen LogP contribution in [0.3, 0.4) is 0 Å². The first-order valence-electron chi connectivity index (χ1n) is 16.0. The van der Waals surface area contributed by atoms with Crippen LogP contribution < -0.4 is 0 Å². The molecule has 4 fully saturated rings. The van der Waals surface area contributed by atoms with Crippen molar-refractivity contribution in [1.82, 2.24) is 0 Å². The Bertz CT molecular complexity index is 1120. The quantitative estimate of drug-likeness (QED) is 0.196. The minimum Gasteiger partial charge on any atom is -0.438 e. The van der Waals surface area contributed by atoms with E-state index in [1.54, 1.807) is 0 Å². The molecular formula is C33H50O11. The predicted molar refractivity (Wildman–Crippen MR) is 156 cm³/mol. The number of ether oxygens (including phenoxy) is 8. The van der Waals surface area contributed by atoms with Gasteiger partial charge in [0.2, 0.25) is 0 Å². The average Bonchev–Trinajstić information content (AvgIpc) is 3.34. The van der Waals surface area contributed by atoms with Crippen LogP contribution in [0.2, 0.25) is 0 Å². The molecule has 5 aliphatic rings. The van der Waals surface area contributed by atoms with Gasteiger partial charge < -0.3 is 37.9 Å². The van der Waals surface area contributed by atoms with Crippen LogP contribution in [0.25, 0.3) is 0 Å². The van der Waals surface area contributed by atoms with Gasteiger partial charge >= 0.3 is 18.5 Å². The van der Waals surface area contributed by atoms with Gasteiger partial charge in [-0.05, 0) is 54.9 Å². The lowest BCUT2D eigenvalue weighted by Crippen LogP contribution is -2.60. The standard InChI is InChI=1S/C33H50O11/c1-18(27-40-16-31(2,3)17-41-27)21-9-10-22-26-23(11-12-32(21,22)4)33(5)19(14-24(26)43-29(35)38-7)13-20(42-28(34)37-6)15-25(33)44-30(36)39-8/h14,18,20-27H,9-13,15-17H2,1-8H3/t18?,20-,21-,22+,23+,24-,25+,26+,32-,33+/m1/s1. The number of methoxy groups -OCH3 is 3. The Morgan fingerprint density at radius 2 is 1.45 bits per heavy atom. The maximum absolute atomic E-state index is 12.6. The van der Waals surface area contributed by atoms with Gasteiger partial charge in [-0.1, -0.05) is 40.2 Å². The van der Waals surface area contributed by atoms with Gasteiger partial charge in [0.1, 0.15) is 18.3 Å². The first-order valence-corrected chi connectivity index (χ1v) is 16.0. The Morgan fingerprint density at radius 1 is 0.841 bits per heavy atom. The van der Waals surface area contributed by atoms with Crippen LogP contribution in [0.1, 0.15) is 73.1 Å². The van der Waals surface area contributed by atoms with E-state index >= 15 is 0 Å². The molecule has 0 bridgehead atoms. The second-order valence-corrected chi connectivity index (χ2v) is 14.7. The SMILES string of the molecule is COC(=O)O[C@@H]1CC2=C[C@@H](OC(=O)OC)[C@H]3[C@@H]4CC[C@H](C(C)C5OCC(C)(C)CO5)[C@@]4(C)CC[C@@H]3[C@@]2(C)[C@@H](OC(=O)OC)C1. The Kier molecular flexibility index (Phi) is 9.22. The van der Waals surface area contributed by atoms with E-state index in [0.29, 0.717) is 32.0 Å². The normalized spacial score (nSPS) is 40.2. The number of fused-ring (bicyclic) bond motifs is 5. The highest BCUT2D eigenvalue weighted by Gasteiger charge is 2.65. The molecule has 0 aromatic rings. The molecule has 3 saturated carbocycles. The van der Waals surface area contributed by atoms with Gasteiger partial charge in [-0.15, -0.1) is 0 Å². The fourth-order valence-corrected chi connectivity index (χ4v) is 9.61. The zero-order chi connectivity index (χ0) is 32.0. The third kappa shape index (κ3) is 5.79. The molecule has 1 aliphatic heterocycles. The predicted octanol–water partition coefficient (Wildman–Crippen LogP) is 6.28. The van der Waals surface area contributed by atoms with Crippen molar-refractivity contribution in [3.63, 3.8) is 0 Å². The average molecular weight is 623 g/mol. The summed E-state index contributed by atoms with van der Waals surface area (Å²) in [5, 5.41) is 0. The molecule has 0 amide bonds. The van der Waals surface area contributed by atoms with Crippen molar-refractivity contribution in [3.8, 4) is 0 Å². The zero-order valence-corrected chi connectivity index (χ0v) is 27.4. The Hall–Kier alpha value is -2.53. The molecule has 248 valence electrons. The molecule has 1 saturated heterocycles. The maximum Gasteiger partial charge on any atom is 0.508 e. The van der Waals surface area contributed by atoms with Crippen LogP contribution >= 0.6 is 0 Å². The van der Waals surface area contributed by atoms with Crippen LogP contribution in [-0.4, -0.2) is 77.6 Å². The Morgan fingerprint density at radius 3 is 2.09 bits per heavy atom. The fraction of sp³-hybridized carbons (Fsp3) is 0.848. The summed E-state index contributed by atoms with van der Waals surface area (Å²) in [5.41, 5.74) is 0.306. The molecule has 1 heterocycles. The molecule has 10 atom stereocenters. The zero-order valence-electron chi connectivity index (χ0n) is 27.4. The Balaban J connectivity index is 1.49. The minimum absolute atomic E-state index is 0.000129. The lowest BCUT2D eigenvalue weighted by atomic mass is 9.45. The second kappa shape index (κ2) is 12.3. The molecule has 11 nitrogen and oxygen atoms in total. The Labute approximate surface area is 260 Å². The number of carbonyl (C=O) groups is 3. The van der Waals surface area contributed by atoms with E-state index in [2.05, 4.69) is 34.6 Å². The number of hydrogen-bond acceptors (Lipinski definition) is 11. The molecule has 0 N–H and O–H groups in total. The van der Waals surface area contributed by atoms with E-state index in [0.717, 1.165) is 31.3 Å². The molecule has 0 radical (unpaired) electrons. The summed E-state index contributed by atoms with van der Waals surface area (Å²) in [7, 11) is 3.85. The number of carbonyl (C=O) groups excluding carboxylic acids is 3. The van der Waals surface area contributed by atoms with Gasteiger partial charge in [-0.2, -0.15) is 0 Å². The minimum atomic E-state index is -0.805. The summed E-state index contributed by atoms with van der Waals surface area (Å²) in [4.78, 5) is 37.2. The van der Waals surface area contributed by atoms with Gasteiger partial charge in [0.25, 0.3) is 0 Å². The van der Waals surface area contributed by atoms with Crippen LogP contribution in [0, 0.1) is 45.8 Å². The summed E-state index contributed by atoms with van der Waals surface area (Å²) in [6.07, 6.45) is 2.18. The van der Waals surface area contributed by atoms with Gasteiger partial charge in [0.15, 0.2) is 6.29 Å². The molecule has 4 aliphatic carbocycles. The van der Waals surface area contributed by atoms with E-state index in [1.165, 1.54) is 21.3 Å². The summed E-state index contributed by atoms with van der Waals surface area (Å²) < 4.78 is 44.7. The van der Waals surface area contributed by atoms with Gasteiger partial charge in [0, 0.05) is 35.5 Å². The highest BCUT2D eigenvalue weighted by atomic mass is 16.7. The van der Waals surface area contributed by atoms with E-state index in [-0.39, 0.29) is 40.8 Å². The molecule has 0 aromatic heterocycles. The third-order valence-corrected chi connectivity index (χ3v) is 11.8. The third-order valence-electron chi connectivity index (χ3n) is 11.8. The topological polar surface area (TPSA) is 125 Å². The number of hydrogen-bond donors (Lipinski definition) is 0. The molecule has 0 aromatic carbocycles. The van der Waals surface area contributed by atoms with Crippen molar-refractivity contribution >= 4 is 18.5 Å². The maximum atomic E-state index is 12.6. The molecule has 11 heteroatoms. The van der Waals surface area contributed by atoms with Crippen molar-refractivity contribution in [2.75, 3.05) is 34.5 Å². The fourth-order valence-electron chi connectivity index (χ4n) is 9.61. The molecular weight excluding hydrogens is 572 g/mol. The van der Waals surface area contributed by atoms with Crippen molar-refractivity contribution < 1.29 is 52.3 Å². The van der Waals surface area contributed by atoms with Crippen molar-refractivity contribution in [2.45, 2.75) is 97.7 Å². The van der Waals surface area contributed by atoms with Crippen LogP contribution in [0.5, 0.6) is 0 Å². The lowest BCUT2D eigenvalue weighted by molar-refractivity contribution is -0.253. The highest BCUT2D eigenvalue weighted by Crippen LogP contribution is 2.68. The summed E-state index contributed by atoms with van der Waals surface area (Å²) >= 11 is 0. The molecule has 1 unspecified atom stereocenters. The smallest absolute Gasteiger partial charge is 0.438 e. The number of rotatable bonds is 5. The summed E-state index contributed by atoms with van der Waals surface area (Å²) in [6.45, 7) is 12.4. The van der Waals surface area contributed by atoms with Gasteiger partial charge in [0.05, 0.1) is 34.5 Å². The van der Waals surface area contributed by atoms with E-state index in [9.17, 15) is 14.4 Å². The van der Waals surface area contributed by atoms with E-state index < -0.39 is 42.2 Å². The van der Waals surface area contributed by atoms with Crippen molar-refractivity contribution in [1.29, 1.82) is 0 Å². The van der Waals surface area contributed by atoms with Crippen molar-refractivity contribution in [2.24, 2.45) is 45.8 Å². The van der Waals surface area contributed by atoms with E-state index in [1.807, 2.05) is 6.08 Å². The van der Waals surface area contributed by atoms with Crippen LogP contribution in [0.15, 0.2) is 11.6 Å². The van der Waals surface area contributed by atoms with Crippen LogP contribution in [0.4, 0.5) is 14.4 Å². The summed E-state index contributed by atoms with van der Waals surface area (Å²) in [5.74, 6) is 0.793. The largest absolute Gasteiger partial charge is 0.508 e. The van der Waals surface area contributed by atoms with Gasteiger partial charge in [-0.25, -0.2) is 14.4 Å². The lowest BCUT2D eigenvalue weighted by Gasteiger charge is -2.61. The first kappa shape index (κ1) is 32.9. The van der Waals surface area contributed by atoms with Crippen molar-refractivity contribution in [3.05, 3.63) is 11.6 Å². The second-order valence-electron chi connectivity index (χ2n) is 14.7.